The largest absolute Gasteiger partial charge is 0.497 e. The molecule has 1 N–H and O–H groups in total. The Labute approximate surface area is 130 Å². The molecule has 2 aromatic heterocycles. The van der Waals surface area contributed by atoms with Crippen LogP contribution < -0.4 is 4.74 Å². The Hall–Kier alpha value is -1.30. The van der Waals surface area contributed by atoms with Gasteiger partial charge in [0.1, 0.15) is 5.75 Å². The molecule has 0 spiro atoms. The third-order valence-corrected chi connectivity index (χ3v) is 5.02. The fraction of sp³-hybridized carbons (Fsp3) is 0.214. The molecule has 6 heteroatoms. The number of hydrogen-bond acceptors (Lipinski definition) is 3. The van der Waals surface area contributed by atoms with E-state index >= 15 is 0 Å². The van der Waals surface area contributed by atoms with Crippen molar-refractivity contribution in [1.82, 2.24) is 9.55 Å². The van der Waals surface area contributed by atoms with E-state index in [1.807, 2.05) is 30.3 Å². The highest BCUT2D eigenvalue weighted by Crippen LogP contribution is 2.32. The maximum absolute atomic E-state index is 6.02. The molecule has 0 radical (unpaired) electrons. The molecule has 0 aliphatic carbocycles. The first-order valence-electron chi connectivity index (χ1n) is 6.13. The molecule has 3 aromatic rings. The van der Waals surface area contributed by atoms with Crippen LogP contribution in [0.4, 0.5) is 0 Å². The summed E-state index contributed by atoms with van der Waals surface area (Å²) in [6, 6.07) is 10.0. The highest BCUT2D eigenvalue weighted by atomic mass is 35.5. The number of aromatic nitrogens is 2. The van der Waals surface area contributed by atoms with Gasteiger partial charge in [0.05, 0.1) is 28.5 Å². The van der Waals surface area contributed by atoms with E-state index in [-0.39, 0.29) is 6.04 Å². The van der Waals surface area contributed by atoms with Crippen LogP contribution in [0.3, 0.4) is 0 Å². The van der Waals surface area contributed by atoms with Gasteiger partial charge in [0.25, 0.3) is 0 Å². The number of methoxy groups -OCH3 is 1. The zero-order valence-corrected chi connectivity index (χ0v) is 13.4. The van der Waals surface area contributed by atoms with Crippen molar-refractivity contribution in [3.63, 3.8) is 0 Å². The fourth-order valence-corrected chi connectivity index (χ4v) is 3.77. The van der Waals surface area contributed by atoms with E-state index in [1.165, 1.54) is 4.88 Å². The van der Waals surface area contributed by atoms with Crippen molar-refractivity contribution in [1.29, 1.82) is 0 Å². The highest BCUT2D eigenvalue weighted by Gasteiger charge is 2.15. The maximum Gasteiger partial charge on any atom is 0.178 e. The zero-order chi connectivity index (χ0) is 14.3. The lowest BCUT2D eigenvalue weighted by Gasteiger charge is -2.13. The van der Waals surface area contributed by atoms with Gasteiger partial charge in [-0.3, -0.25) is 0 Å². The molecule has 0 aliphatic rings. The summed E-state index contributed by atoms with van der Waals surface area (Å²) in [4.78, 5) is 4.41. The molecule has 0 fully saturated rings. The topological polar surface area (TPSA) is 29.9 Å². The smallest absolute Gasteiger partial charge is 0.178 e. The molecule has 0 amide bonds. The lowest BCUT2D eigenvalue weighted by atomic mass is 10.2. The maximum atomic E-state index is 6.02. The molecule has 1 atom stereocenters. The third kappa shape index (κ3) is 2.26. The number of nitrogens with zero attached hydrogens (tertiary/aromatic N) is 1. The van der Waals surface area contributed by atoms with Crippen LogP contribution in [0.5, 0.6) is 5.75 Å². The molecule has 1 aromatic carbocycles. The van der Waals surface area contributed by atoms with Gasteiger partial charge in [-0.2, -0.15) is 0 Å². The molecule has 1 unspecified atom stereocenters. The number of ether oxygens (including phenoxy) is 1. The van der Waals surface area contributed by atoms with E-state index < -0.39 is 0 Å². The summed E-state index contributed by atoms with van der Waals surface area (Å²) in [6.07, 6.45) is 0. The Morgan fingerprint density at radius 2 is 2.15 bits per heavy atom. The number of benzene rings is 1. The Kier molecular flexibility index (Phi) is 3.58. The number of fused-ring (bicyclic) bond motifs is 1. The zero-order valence-electron chi connectivity index (χ0n) is 11.0. The molecular weight excluding hydrogens is 312 g/mol. The lowest BCUT2D eigenvalue weighted by molar-refractivity contribution is 0.415. The van der Waals surface area contributed by atoms with Crippen LogP contribution >= 0.6 is 35.2 Å². The van der Waals surface area contributed by atoms with E-state index in [9.17, 15) is 0 Å². The fourth-order valence-electron chi connectivity index (χ4n) is 2.30. The minimum Gasteiger partial charge on any atom is -0.497 e. The van der Waals surface area contributed by atoms with Gasteiger partial charge in [-0.25, -0.2) is 0 Å². The molecule has 0 saturated heterocycles. The second-order valence-corrected chi connectivity index (χ2v) is 6.63. The van der Waals surface area contributed by atoms with Crippen molar-refractivity contribution in [3.8, 4) is 5.75 Å². The van der Waals surface area contributed by atoms with Gasteiger partial charge in [0.15, 0.2) is 4.77 Å². The molecule has 104 valence electrons. The molecule has 0 saturated carbocycles. The van der Waals surface area contributed by atoms with Crippen LogP contribution in [-0.2, 0) is 0 Å². The highest BCUT2D eigenvalue weighted by molar-refractivity contribution is 7.71. The molecule has 0 aliphatic heterocycles. The molecule has 0 bridgehead atoms. The summed E-state index contributed by atoms with van der Waals surface area (Å²) < 4.78 is 8.84. The van der Waals surface area contributed by atoms with Crippen LogP contribution in [0.25, 0.3) is 11.0 Å². The summed E-state index contributed by atoms with van der Waals surface area (Å²) in [5, 5.41) is 0. The molecule has 3 nitrogen and oxygen atoms in total. The normalized spacial score (nSPS) is 12.8. The first kappa shape index (κ1) is 13.7. The standard InChI is InChI=1S/C14H13ClN2OS2/c1-8(12-5-6-13(15)20-12)17-11-4-3-9(18-2)7-10(11)16-14(17)19/h3-8H,1-2H3,(H,16,19). The summed E-state index contributed by atoms with van der Waals surface area (Å²) in [5.74, 6) is 0.813. The van der Waals surface area contributed by atoms with E-state index in [0.717, 1.165) is 21.1 Å². The number of H-pyrrole nitrogens is 1. The number of nitrogens with one attached hydrogen (secondary N) is 1. The second-order valence-electron chi connectivity index (χ2n) is 4.50. The summed E-state index contributed by atoms with van der Waals surface area (Å²) >= 11 is 13.1. The van der Waals surface area contributed by atoms with E-state index in [0.29, 0.717) is 4.77 Å². The number of thiophene rings is 1. The Morgan fingerprint density at radius 1 is 1.35 bits per heavy atom. The summed E-state index contributed by atoms with van der Waals surface area (Å²) in [5.41, 5.74) is 2.04. The average Bonchev–Trinajstić information content (AvgIpc) is 3.00. The van der Waals surface area contributed by atoms with Crippen molar-refractivity contribution in [3.05, 3.63) is 44.3 Å². The number of rotatable bonds is 3. The number of halogens is 1. The Balaban J connectivity index is 2.16. The molecule has 3 rings (SSSR count). The van der Waals surface area contributed by atoms with Gasteiger partial charge in [-0.05, 0) is 43.4 Å². The number of hydrogen-bond donors (Lipinski definition) is 1. The van der Waals surface area contributed by atoms with Gasteiger partial charge in [-0.1, -0.05) is 11.6 Å². The van der Waals surface area contributed by atoms with Crippen LogP contribution in [-0.4, -0.2) is 16.7 Å². The van der Waals surface area contributed by atoms with Gasteiger partial charge < -0.3 is 14.3 Å². The van der Waals surface area contributed by atoms with Crippen LogP contribution in [0, 0.1) is 4.77 Å². The summed E-state index contributed by atoms with van der Waals surface area (Å²) in [7, 11) is 1.66. The van der Waals surface area contributed by atoms with Crippen LogP contribution in [0.15, 0.2) is 30.3 Å². The average molecular weight is 325 g/mol. The first-order chi connectivity index (χ1) is 9.60. The lowest BCUT2D eigenvalue weighted by Crippen LogP contribution is -2.04. The van der Waals surface area contributed by atoms with Crippen molar-refractivity contribution < 1.29 is 4.74 Å². The van der Waals surface area contributed by atoms with Gasteiger partial charge in [-0.15, -0.1) is 11.3 Å². The Morgan fingerprint density at radius 3 is 2.80 bits per heavy atom. The van der Waals surface area contributed by atoms with Gasteiger partial charge in [0.2, 0.25) is 0 Å². The predicted molar refractivity (Wildman–Crippen MR) is 86.8 cm³/mol. The van der Waals surface area contributed by atoms with Gasteiger partial charge in [0, 0.05) is 10.9 Å². The van der Waals surface area contributed by atoms with E-state index in [1.54, 1.807) is 18.4 Å². The first-order valence-corrected chi connectivity index (χ1v) is 7.74. The van der Waals surface area contributed by atoms with Crippen LogP contribution in [0.2, 0.25) is 4.34 Å². The van der Waals surface area contributed by atoms with Crippen molar-refractivity contribution >= 4 is 46.2 Å². The third-order valence-electron chi connectivity index (χ3n) is 3.32. The van der Waals surface area contributed by atoms with Gasteiger partial charge >= 0.3 is 0 Å². The molecule has 20 heavy (non-hydrogen) atoms. The minimum absolute atomic E-state index is 0.141. The number of aromatic amines is 1. The molecular formula is C14H13ClN2OS2. The second kappa shape index (κ2) is 5.24. The quantitative estimate of drug-likeness (QED) is 0.685. The van der Waals surface area contributed by atoms with Crippen molar-refractivity contribution in [2.24, 2.45) is 0 Å². The monoisotopic (exact) mass is 324 g/mol. The molecule has 2 heterocycles. The van der Waals surface area contributed by atoms with Crippen LogP contribution in [0.1, 0.15) is 17.8 Å². The van der Waals surface area contributed by atoms with Crippen molar-refractivity contribution in [2.45, 2.75) is 13.0 Å². The Bertz CT molecular complexity index is 818. The minimum atomic E-state index is 0.141. The van der Waals surface area contributed by atoms with E-state index in [4.69, 9.17) is 28.6 Å². The summed E-state index contributed by atoms with van der Waals surface area (Å²) in [6.45, 7) is 2.12. The van der Waals surface area contributed by atoms with Crippen molar-refractivity contribution in [2.75, 3.05) is 7.11 Å². The predicted octanol–water partition coefficient (Wildman–Crippen LogP) is 5.03. The SMILES string of the molecule is COc1ccc2c(c1)[nH]c(=S)n2C(C)c1ccc(Cl)s1. The number of imidazole rings is 1. The van der Waals surface area contributed by atoms with E-state index in [2.05, 4.69) is 16.5 Å².